The second-order valence-corrected chi connectivity index (χ2v) is 6.15. The fourth-order valence-electron chi connectivity index (χ4n) is 2.74. The summed E-state index contributed by atoms with van der Waals surface area (Å²) in [4.78, 5) is 4.03. The summed E-state index contributed by atoms with van der Waals surface area (Å²) in [5.74, 6) is 0.640. The highest BCUT2D eigenvalue weighted by Gasteiger charge is 2.20. The van der Waals surface area contributed by atoms with Gasteiger partial charge in [-0.05, 0) is 57.4 Å². The molecule has 4 heteroatoms. The van der Waals surface area contributed by atoms with Crippen LogP contribution < -0.4 is 16.4 Å². The number of allylic oxidation sites excluding steroid dienone is 6. The quantitative estimate of drug-likeness (QED) is 0.474. The normalized spacial score (nSPS) is 23.4. The Morgan fingerprint density at radius 1 is 1.38 bits per heavy atom. The van der Waals surface area contributed by atoms with Crippen LogP contribution in [-0.2, 0) is 0 Å². The predicted molar refractivity (Wildman–Crippen MR) is 106 cm³/mol. The third kappa shape index (κ3) is 6.59. The van der Waals surface area contributed by atoms with E-state index in [1.807, 2.05) is 44.2 Å². The van der Waals surface area contributed by atoms with Crippen LogP contribution >= 0.6 is 0 Å². The lowest BCUT2D eigenvalue weighted by Gasteiger charge is -2.15. The summed E-state index contributed by atoms with van der Waals surface area (Å²) in [6.07, 6.45) is 12.8. The van der Waals surface area contributed by atoms with Crippen LogP contribution in [0.1, 0.15) is 27.2 Å². The maximum absolute atomic E-state index is 6.14. The minimum absolute atomic E-state index is 0.601. The summed E-state index contributed by atoms with van der Waals surface area (Å²) in [7, 11) is 1.74. The van der Waals surface area contributed by atoms with Crippen molar-refractivity contribution >= 4 is 6.21 Å². The highest BCUT2D eigenvalue weighted by molar-refractivity contribution is 5.84. The Morgan fingerprint density at radius 2 is 2.12 bits per heavy atom. The van der Waals surface area contributed by atoms with Gasteiger partial charge in [0.15, 0.2) is 0 Å². The Morgan fingerprint density at radius 3 is 2.67 bits per heavy atom. The van der Waals surface area contributed by atoms with Crippen molar-refractivity contribution in [3.63, 3.8) is 0 Å². The molecule has 0 aromatic rings. The summed E-state index contributed by atoms with van der Waals surface area (Å²) < 4.78 is 0. The number of nitrogens with two attached hydrogens (primary N) is 1. The Kier molecular flexibility index (Phi) is 8.87. The lowest BCUT2D eigenvalue weighted by Crippen LogP contribution is -2.24. The molecule has 2 atom stereocenters. The molecular weight excluding hydrogens is 296 g/mol. The van der Waals surface area contributed by atoms with Gasteiger partial charge >= 0.3 is 0 Å². The van der Waals surface area contributed by atoms with Gasteiger partial charge in [-0.25, -0.2) is 0 Å². The summed E-state index contributed by atoms with van der Waals surface area (Å²) >= 11 is 0. The maximum atomic E-state index is 6.14. The SMILES string of the molecule is C=C(/C=C\C)\C(=C/C=C(N)/C(C=NC)=C/C)NCC1CN[C@@H](C)C1. The summed E-state index contributed by atoms with van der Waals surface area (Å²) in [5.41, 5.74) is 9.70. The molecule has 4 nitrogen and oxygen atoms in total. The molecule has 1 unspecified atom stereocenters. The lowest BCUT2D eigenvalue weighted by molar-refractivity contribution is 0.537. The van der Waals surface area contributed by atoms with E-state index in [9.17, 15) is 0 Å². The zero-order valence-corrected chi connectivity index (χ0v) is 15.5. The van der Waals surface area contributed by atoms with Gasteiger partial charge in [-0.2, -0.15) is 0 Å². The number of rotatable bonds is 8. The molecular formula is C20H32N4. The molecule has 0 amide bonds. The van der Waals surface area contributed by atoms with E-state index in [0.29, 0.717) is 17.7 Å². The smallest absolute Gasteiger partial charge is 0.0408 e. The second kappa shape index (κ2) is 10.7. The van der Waals surface area contributed by atoms with E-state index in [1.54, 1.807) is 13.3 Å². The molecule has 132 valence electrons. The number of nitrogens with zero attached hydrogens (tertiary/aromatic N) is 1. The monoisotopic (exact) mass is 328 g/mol. The molecule has 0 aromatic carbocycles. The largest absolute Gasteiger partial charge is 0.398 e. The van der Waals surface area contributed by atoms with Gasteiger partial charge in [-0.15, -0.1) is 0 Å². The number of aliphatic imine (C=N–C) groups is 1. The number of nitrogens with one attached hydrogen (secondary N) is 2. The van der Waals surface area contributed by atoms with Gasteiger partial charge in [0.25, 0.3) is 0 Å². The average Bonchev–Trinajstić information content (AvgIpc) is 2.97. The first-order valence-electron chi connectivity index (χ1n) is 8.57. The van der Waals surface area contributed by atoms with Crippen molar-refractivity contribution in [3.8, 4) is 0 Å². The van der Waals surface area contributed by atoms with Crippen LogP contribution in [-0.4, -0.2) is 32.4 Å². The van der Waals surface area contributed by atoms with E-state index in [0.717, 1.165) is 29.9 Å². The molecule has 24 heavy (non-hydrogen) atoms. The molecule has 0 bridgehead atoms. The van der Waals surface area contributed by atoms with Gasteiger partial charge in [0.2, 0.25) is 0 Å². The molecule has 1 aliphatic rings. The van der Waals surface area contributed by atoms with Crippen molar-refractivity contribution in [2.45, 2.75) is 33.2 Å². The third-order valence-corrected chi connectivity index (χ3v) is 4.08. The van der Waals surface area contributed by atoms with Crippen molar-refractivity contribution in [1.29, 1.82) is 0 Å². The summed E-state index contributed by atoms with van der Waals surface area (Å²) in [5, 5.41) is 7.01. The van der Waals surface area contributed by atoms with E-state index < -0.39 is 0 Å². The van der Waals surface area contributed by atoms with Crippen LogP contribution in [0.2, 0.25) is 0 Å². The van der Waals surface area contributed by atoms with Crippen LogP contribution in [0.25, 0.3) is 0 Å². The fourth-order valence-corrected chi connectivity index (χ4v) is 2.74. The molecule has 1 heterocycles. The minimum atomic E-state index is 0.601. The van der Waals surface area contributed by atoms with E-state index in [4.69, 9.17) is 5.73 Å². The lowest BCUT2D eigenvalue weighted by atomic mass is 10.1. The highest BCUT2D eigenvalue weighted by atomic mass is 15.0. The Bertz CT molecular complexity index is 564. The highest BCUT2D eigenvalue weighted by Crippen LogP contribution is 2.15. The first-order valence-corrected chi connectivity index (χ1v) is 8.57. The van der Waals surface area contributed by atoms with E-state index in [1.165, 1.54) is 6.42 Å². The van der Waals surface area contributed by atoms with Crippen molar-refractivity contribution in [2.24, 2.45) is 16.6 Å². The molecule has 1 saturated heterocycles. The van der Waals surface area contributed by atoms with E-state index >= 15 is 0 Å². The van der Waals surface area contributed by atoms with Crippen LogP contribution in [0.3, 0.4) is 0 Å². The van der Waals surface area contributed by atoms with Gasteiger partial charge in [0.1, 0.15) is 0 Å². The third-order valence-electron chi connectivity index (χ3n) is 4.08. The molecule has 1 rings (SSSR count). The molecule has 4 N–H and O–H groups in total. The van der Waals surface area contributed by atoms with Crippen molar-refractivity contribution in [1.82, 2.24) is 10.6 Å². The molecule has 0 saturated carbocycles. The van der Waals surface area contributed by atoms with Crippen LogP contribution in [0, 0.1) is 5.92 Å². The molecule has 0 radical (unpaired) electrons. The molecule has 1 fully saturated rings. The van der Waals surface area contributed by atoms with Crippen molar-refractivity contribution in [3.05, 3.63) is 59.5 Å². The topological polar surface area (TPSA) is 62.4 Å². The molecule has 1 aliphatic heterocycles. The minimum Gasteiger partial charge on any atom is -0.398 e. The fraction of sp³-hybridized carbons (Fsp3) is 0.450. The summed E-state index contributed by atoms with van der Waals surface area (Å²) in [6, 6.07) is 0.601. The van der Waals surface area contributed by atoms with Gasteiger partial charge in [0.05, 0.1) is 0 Å². The second-order valence-electron chi connectivity index (χ2n) is 6.15. The van der Waals surface area contributed by atoms with Gasteiger partial charge in [-0.3, -0.25) is 4.99 Å². The zero-order chi connectivity index (χ0) is 17.9. The van der Waals surface area contributed by atoms with Gasteiger partial charge in [0, 0.05) is 42.8 Å². The molecule has 0 aliphatic carbocycles. The maximum Gasteiger partial charge on any atom is 0.0408 e. The van der Waals surface area contributed by atoms with Crippen molar-refractivity contribution < 1.29 is 0 Å². The molecule has 0 spiro atoms. The van der Waals surface area contributed by atoms with Crippen LogP contribution in [0.15, 0.2) is 64.5 Å². The molecule has 0 aromatic heterocycles. The van der Waals surface area contributed by atoms with E-state index in [2.05, 4.69) is 29.1 Å². The first kappa shape index (κ1) is 20.0. The standard InChI is InChI=1S/C20H32N4/c1-6-8-15(3)20(24-13-17-11-16(4)23-12-17)10-9-19(21)18(7-2)14-22-5/h6-10,14,16-17,23-24H,3,11-13,21H2,1-2,4-5H3/b8-6-,18-7+,19-9-,20-10+,22-14?/t16-,17?/m0/s1. The summed E-state index contributed by atoms with van der Waals surface area (Å²) in [6.45, 7) is 12.3. The Labute approximate surface area is 147 Å². The number of hydrogen-bond donors (Lipinski definition) is 3. The van der Waals surface area contributed by atoms with Crippen LogP contribution in [0.4, 0.5) is 0 Å². The first-order chi connectivity index (χ1) is 11.5. The van der Waals surface area contributed by atoms with E-state index in [-0.39, 0.29) is 0 Å². The van der Waals surface area contributed by atoms with Gasteiger partial charge in [-0.1, -0.05) is 24.8 Å². The zero-order valence-electron chi connectivity index (χ0n) is 15.5. The Hall–Kier alpha value is -2.07. The predicted octanol–water partition coefficient (Wildman–Crippen LogP) is 3.08. The Balaban J connectivity index is 2.86. The number of hydrogen-bond acceptors (Lipinski definition) is 4. The average molecular weight is 329 g/mol. The van der Waals surface area contributed by atoms with Gasteiger partial charge < -0.3 is 16.4 Å². The van der Waals surface area contributed by atoms with Crippen molar-refractivity contribution in [2.75, 3.05) is 20.1 Å². The van der Waals surface area contributed by atoms with Crippen LogP contribution in [0.5, 0.6) is 0 Å².